The van der Waals surface area contributed by atoms with E-state index in [4.69, 9.17) is 9.57 Å². The monoisotopic (exact) mass is 433 g/mol. The summed E-state index contributed by atoms with van der Waals surface area (Å²) < 4.78 is 5.16. The number of nitrogens with zero attached hydrogens (tertiary/aromatic N) is 1. The molecule has 1 aliphatic heterocycles. The molecule has 8 heteroatoms. The Bertz CT molecular complexity index is 842. The molecular weight excluding hydrogens is 402 g/mol. The van der Waals surface area contributed by atoms with Gasteiger partial charge in [-0.05, 0) is 87.0 Å². The Morgan fingerprint density at radius 2 is 2.00 bits per heavy atom. The third-order valence-corrected chi connectivity index (χ3v) is 9.96. The summed E-state index contributed by atoms with van der Waals surface area (Å²) in [6.45, 7) is 2.48. The van der Waals surface area contributed by atoms with Crippen molar-refractivity contribution in [2.24, 2.45) is 34.5 Å². The van der Waals surface area contributed by atoms with E-state index in [9.17, 15) is 24.8 Å². The fourth-order valence-corrected chi connectivity index (χ4v) is 8.51. The summed E-state index contributed by atoms with van der Waals surface area (Å²) in [7, 11) is 0. The largest absolute Gasteiger partial charge is 0.458 e. The van der Waals surface area contributed by atoms with Crippen molar-refractivity contribution < 1.29 is 29.4 Å². The number of rotatable bonds is 4. The molecule has 1 heterocycles. The maximum atomic E-state index is 12.6. The Morgan fingerprint density at radius 3 is 2.68 bits per heavy atom. The maximum Gasteiger partial charge on any atom is 0.331 e. The average molecular weight is 434 g/mol. The van der Waals surface area contributed by atoms with Crippen molar-refractivity contribution in [2.45, 2.75) is 76.4 Å². The van der Waals surface area contributed by atoms with Crippen LogP contribution in [0.4, 0.5) is 0 Å². The highest BCUT2D eigenvalue weighted by Gasteiger charge is 2.68. The zero-order valence-corrected chi connectivity index (χ0v) is 18.0. The number of aldehydes is 1. The van der Waals surface area contributed by atoms with Crippen LogP contribution in [0.25, 0.3) is 0 Å². The number of hydrogen-bond acceptors (Lipinski definition) is 7. The smallest absolute Gasteiger partial charge is 0.331 e. The first-order chi connectivity index (χ1) is 14.7. The highest BCUT2D eigenvalue weighted by Crippen LogP contribution is 2.69. The molecule has 4 saturated carbocycles. The van der Waals surface area contributed by atoms with Crippen molar-refractivity contribution in [3.05, 3.63) is 21.8 Å². The van der Waals surface area contributed by atoms with Crippen molar-refractivity contribution >= 4 is 12.3 Å². The highest BCUT2D eigenvalue weighted by atomic mass is 17.0. The Morgan fingerprint density at radius 1 is 1.19 bits per heavy atom. The van der Waals surface area contributed by atoms with Gasteiger partial charge < -0.3 is 19.5 Å². The van der Waals surface area contributed by atoms with E-state index >= 15 is 0 Å². The summed E-state index contributed by atoms with van der Waals surface area (Å²) in [5, 5.41) is 22.2. The van der Waals surface area contributed by atoms with Crippen molar-refractivity contribution in [1.29, 1.82) is 0 Å². The van der Waals surface area contributed by atoms with Crippen LogP contribution in [0.2, 0.25) is 0 Å². The average Bonchev–Trinajstić information content (AvgIpc) is 3.27. The molecule has 5 rings (SSSR count). The quantitative estimate of drug-likeness (QED) is 0.313. The van der Waals surface area contributed by atoms with Gasteiger partial charge in [0.25, 0.3) is 5.09 Å². The van der Waals surface area contributed by atoms with Gasteiger partial charge >= 0.3 is 5.97 Å². The number of ether oxygens (including phenoxy) is 1. The number of hydrogen-bond donors (Lipinski definition) is 1. The minimum Gasteiger partial charge on any atom is -0.458 e. The van der Waals surface area contributed by atoms with E-state index in [0.29, 0.717) is 32.3 Å². The van der Waals surface area contributed by atoms with E-state index in [2.05, 4.69) is 6.92 Å². The lowest BCUT2D eigenvalue weighted by Crippen LogP contribution is -2.63. The Labute approximate surface area is 181 Å². The van der Waals surface area contributed by atoms with E-state index in [1.165, 1.54) is 0 Å². The minimum atomic E-state index is -0.873. The fraction of sp³-hybridized carbons (Fsp3) is 0.826. The molecular formula is C23H31NO7. The molecule has 8 nitrogen and oxygen atoms in total. The van der Waals surface area contributed by atoms with Gasteiger partial charge in [-0.2, -0.15) is 0 Å². The predicted octanol–water partition coefficient (Wildman–Crippen LogP) is 3.00. The molecule has 4 fully saturated rings. The highest BCUT2D eigenvalue weighted by molar-refractivity contribution is 5.85. The predicted molar refractivity (Wildman–Crippen MR) is 108 cm³/mol. The molecule has 0 radical (unpaired) electrons. The normalized spacial score (nSPS) is 48.6. The molecule has 0 bridgehead atoms. The standard InChI is InChI=1S/C23H31NO7/c1-21-7-5-18-19(23(21,27)9-6-17(21)14-10-20(26)30-12-14)3-2-15-11-16(31-24(28)29)4-8-22(15,18)13-25/h10,13,15-19,27H,2-9,11-12H2,1H3/t15-,16+,17+,18-,19+,21+,22+,23+/m0/s1. The molecule has 170 valence electrons. The van der Waals surface area contributed by atoms with Crippen LogP contribution in [0.15, 0.2) is 11.6 Å². The molecule has 0 amide bonds. The van der Waals surface area contributed by atoms with E-state index in [0.717, 1.165) is 44.0 Å². The molecule has 0 spiro atoms. The Hall–Kier alpha value is -1.96. The van der Waals surface area contributed by atoms with Gasteiger partial charge in [-0.3, -0.25) is 0 Å². The summed E-state index contributed by atoms with van der Waals surface area (Å²) in [5.41, 5.74) is -0.739. The van der Waals surface area contributed by atoms with Crippen LogP contribution in [0.1, 0.15) is 64.7 Å². The van der Waals surface area contributed by atoms with Gasteiger partial charge in [0, 0.05) is 16.9 Å². The van der Waals surface area contributed by atoms with Gasteiger partial charge in [-0.1, -0.05) is 6.92 Å². The van der Waals surface area contributed by atoms with Gasteiger partial charge in [-0.25, -0.2) is 4.79 Å². The van der Waals surface area contributed by atoms with Crippen LogP contribution in [0, 0.1) is 44.6 Å². The van der Waals surface area contributed by atoms with Crippen LogP contribution in [0.3, 0.4) is 0 Å². The second kappa shape index (κ2) is 7.02. The van der Waals surface area contributed by atoms with Gasteiger partial charge in [0.05, 0.1) is 5.60 Å². The lowest BCUT2D eigenvalue weighted by molar-refractivity contribution is -0.769. The number of carbonyl (C=O) groups is 2. The number of esters is 1. The van der Waals surface area contributed by atoms with Crippen LogP contribution in [-0.4, -0.2) is 40.8 Å². The number of carbonyl (C=O) groups excluding carboxylic acids is 2. The number of cyclic esters (lactones) is 1. The number of aliphatic hydroxyl groups is 1. The Kier molecular flexibility index (Phi) is 4.74. The molecule has 0 aromatic rings. The van der Waals surface area contributed by atoms with Gasteiger partial charge in [0.15, 0.2) is 0 Å². The SMILES string of the molecule is C[C@]12CC[C@H]3[C@@H](CC[C@H]4C[C@H](O[N+](=O)[O-])CC[C@@]43C=O)[C@]1(O)CC[C@@H]2C1=CC(=O)OC1. The first kappa shape index (κ1) is 20.9. The molecule has 0 aromatic carbocycles. The minimum absolute atomic E-state index is 0.0318. The zero-order chi connectivity index (χ0) is 22.0. The van der Waals surface area contributed by atoms with Crippen molar-refractivity contribution in [1.82, 2.24) is 0 Å². The van der Waals surface area contributed by atoms with E-state index in [1.807, 2.05) is 0 Å². The van der Waals surface area contributed by atoms with E-state index in [1.54, 1.807) is 6.08 Å². The van der Waals surface area contributed by atoms with Crippen LogP contribution >= 0.6 is 0 Å². The van der Waals surface area contributed by atoms with Crippen LogP contribution in [0.5, 0.6) is 0 Å². The summed E-state index contributed by atoms with van der Waals surface area (Å²) in [6.07, 6.45) is 8.68. The molecule has 0 unspecified atom stereocenters. The van der Waals surface area contributed by atoms with Crippen LogP contribution < -0.4 is 0 Å². The summed E-state index contributed by atoms with van der Waals surface area (Å²) >= 11 is 0. The fourth-order valence-electron chi connectivity index (χ4n) is 8.51. The van der Waals surface area contributed by atoms with Gasteiger partial charge in [-0.15, -0.1) is 10.1 Å². The lowest BCUT2D eigenvalue weighted by atomic mass is 9.43. The summed E-state index contributed by atoms with van der Waals surface area (Å²) in [4.78, 5) is 39.9. The summed E-state index contributed by atoms with van der Waals surface area (Å²) in [6, 6.07) is 0. The molecule has 4 aliphatic carbocycles. The third-order valence-electron chi connectivity index (χ3n) is 9.96. The first-order valence-corrected chi connectivity index (χ1v) is 11.6. The van der Waals surface area contributed by atoms with Gasteiger partial charge in [0.1, 0.15) is 19.0 Å². The van der Waals surface area contributed by atoms with Crippen molar-refractivity contribution in [2.75, 3.05) is 6.61 Å². The van der Waals surface area contributed by atoms with E-state index in [-0.39, 0.29) is 35.1 Å². The maximum absolute atomic E-state index is 12.6. The second-order valence-electron chi connectivity index (χ2n) is 10.7. The molecule has 1 N–H and O–H groups in total. The van der Waals surface area contributed by atoms with Crippen molar-refractivity contribution in [3.8, 4) is 0 Å². The first-order valence-electron chi connectivity index (χ1n) is 11.6. The lowest BCUT2D eigenvalue weighted by Gasteiger charge is -2.63. The third kappa shape index (κ3) is 2.82. The molecule has 5 aliphatic rings. The molecule has 0 saturated heterocycles. The molecule has 31 heavy (non-hydrogen) atoms. The number of fused-ring (bicyclic) bond motifs is 5. The summed E-state index contributed by atoms with van der Waals surface area (Å²) in [5.74, 6) is 0.0198. The van der Waals surface area contributed by atoms with E-state index < -0.39 is 22.2 Å². The Balaban J connectivity index is 1.43. The van der Waals surface area contributed by atoms with Gasteiger partial charge in [0.2, 0.25) is 0 Å². The van der Waals surface area contributed by atoms with Crippen LogP contribution in [-0.2, 0) is 19.2 Å². The second-order valence-corrected chi connectivity index (χ2v) is 10.7. The zero-order valence-electron chi connectivity index (χ0n) is 18.0. The molecule has 8 atom stereocenters. The van der Waals surface area contributed by atoms with Crippen molar-refractivity contribution in [3.63, 3.8) is 0 Å². The molecule has 0 aromatic heterocycles. The topological polar surface area (TPSA) is 116 Å².